The van der Waals surface area contributed by atoms with E-state index >= 15 is 0 Å². The molecule has 2 aliphatic rings. The number of halogens is 1. The normalized spacial score (nSPS) is 23.4. The molecule has 7 heteroatoms. The molecule has 0 spiro atoms. The molecule has 1 saturated heterocycles. The fraction of sp³-hybridized carbons (Fsp3) is 0.526. The van der Waals surface area contributed by atoms with Crippen molar-refractivity contribution < 1.29 is 4.39 Å². The first kappa shape index (κ1) is 17.1. The number of nitrogens with zero attached hydrogens (tertiary/aromatic N) is 4. The van der Waals surface area contributed by atoms with Crippen molar-refractivity contribution in [2.45, 2.75) is 51.1 Å². The SMILES string of the molecule is Nc1nc(CN2CCCC3CCCCC32)nc(Nc2ccc(F)cc2)n1. The maximum Gasteiger partial charge on any atom is 0.232 e. The lowest BCUT2D eigenvalue weighted by Gasteiger charge is -2.43. The molecule has 0 amide bonds. The number of benzene rings is 1. The van der Waals surface area contributed by atoms with Crippen LogP contribution in [0.4, 0.5) is 22.0 Å². The van der Waals surface area contributed by atoms with E-state index < -0.39 is 0 Å². The van der Waals surface area contributed by atoms with Crippen LogP contribution in [0.5, 0.6) is 0 Å². The Labute approximate surface area is 153 Å². The second kappa shape index (κ2) is 7.53. The molecule has 0 bridgehead atoms. The molecule has 0 radical (unpaired) electrons. The third-order valence-corrected chi connectivity index (χ3v) is 5.50. The molecule has 1 saturated carbocycles. The Hall–Kier alpha value is -2.28. The Balaban J connectivity index is 1.49. The van der Waals surface area contributed by atoms with Crippen molar-refractivity contribution in [3.63, 3.8) is 0 Å². The van der Waals surface area contributed by atoms with E-state index in [0.29, 0.717) is 30.0 Å². The molecular formula is C19H25FN6. The molecule has 2 aromatic rings. The van der Waals surface area contributed by atoms with E-state index in [9.17, 15) is 4.39 Å². The lowest BCUT2D eigenvalue weighted by Crippen LogP contribution is -2.46. The number of aromatic nitrogens is 3. The van der Waals surface area contributed by atoms with Crippen LogP contribution in [0.2, 0.25) is 0 Å². The van der Waals surface area contributed by atoms with Crippen LogP contribution in [0.1, 0.15) is 44.3 Å². The number of nitrogen functional groups attached to an aromatic ring is 1. The zero-order valence-corrected chi connectivity index (χ0v) is 14.9. The van der Waals surface area contributed by atoms with Crippen LogP contribution < -0.4 is 11.1 Å². The first-order valence-corrected chi connectivity index (χ1v) is 9.44. The Morgan fingerprint density at radius 3 is 2.65 bits per heavy atom. The van der Waals surface area contributed by atoms with E-state index in [1.807, 2.05) is 0 Å². The summed E-state index contributed by atoms with van der Waals surface area (Å²) in [5.74, 6) is 1.83. The first-order valence-electron chi connectivity index (χ1n) is 9.44. The maximum atomic E-state index is 13.1. The zero-order valence-electron chi connectivity index (χ0n) is 14.9. The molecule has 6 nitrogen and oxygen atoms in total. The monoisotopic (exact) mass is 356 g/mol. The van der Waals surface area contributed by atoms with Gasteiger partial charge >= 0.3 is 0 Å². The summed E-state index contributed by atoms with van der Waals surface area (Å²) in [6.45, 7) is 1.79. The fourth-order valence-electron chi connectivity index (χ4n) is 4.33. The maximum absolute atomic E-state index is 13.1. The molecule has 138 valence electrons. The molecular weight excluding hydrogens is 331 g/mol. The number of rotatable bonds is 4. The van der Waals surface area contributed by atoms with Crippen molar-refractivity contribution >= 4 is 17.6 Å². The Bertz CT molecular complexity index is 748. The van der Waals surface area contributed by atoms with Crippen molar-refractivity contribution in [2.75, 3.05) is 17.6 Å². The minimum Gasteiger partial charge on any atom is -0.368 e. The van der Waals surface area contributed by atoms with Crippen molar-refractivity contribution in [1.82, 2.24) is 19.9 Å². The van der Waals surface area contributed by atoms with Gasteiger partial charge in [0.1, 0.15) is 11.6 Å². The summed E-state index contributed by atoms with van der Waals surface area (Å²) in [4.78, 5) is 15.5. The van der Waals surface area contributed by atoms with Gasteiger partial charge in [0, 0.05) is 11.7 Å². The molecule has 1 aliphatic heterocycles. The number of anilines is 3. The van der Waals surface area contributed by atoms with Gasteiger partial charge in [-0.05, 0) is 62.4 Å². The molecule has 1 aliphatic carbocycles. The van der Waals surface area contributed by atoms with Crippen LogP contribution in [0.25, 0.3) is 0 Å². The van der Waals surface area contributed by atoms with Gasteiger partial charge in [-0.2, -0.15) is 15.0 Å². The minimum absolute atomic E-state index is 0.205. The second-order valence-electron chi connectivity index (χ2n) is 7.29. The van der Waals surface area contributed by atoms with Crippen molar-refractivity contribution in [1.29, 1.82) is 0 Å². The quantitative estimate of drug-likeness (QED) is 0.873. The highest BCUT2D eigenvalue weighted by Crippen LogP contribution is 2.35. The molecule has 2 fully saturated rings. The summed E-state index contributed by atoms with van der Waals surface area (Å²) in [6, 6.07) is 6.72. The topological polar surface area (TPSA) is 80.0 Å². The number of nitrogens with two attached hydrogens (primary N) is 1. The van der Waals surface area contributed by atoms with Gasteiger partial charge in [0.2, 0.25) is 11.9 Å². The Morgan fingerprint density at radius 1 is 1.04 bits per heavy atom. The summed E-state index contributed by atoms with van der Waals surface area (Å²) < 4.78 is 13.1. The summed E-state index contributed by atoms with van der Waals surface area (Å²) in [5.41, 5.74) is 6.61. The van der Waals surface area contributed by atoms with Gasteiger partial charge in [0.25, 0.3) is 0 Å². The summed E-state index contributed by atoms with van der Waals surface area (Å²) in [7, 11) is 0. The molecule has 26 heavy (non-hydrogen) atoms. The Kier molecular flexibility index (Phi) is 4.97. The summed E-state index contributed by atoms with van der Waals surface area (Å²) in [6.07, 6.45) is 7.87. The predicted molar refractivity (Wildman–Crippen MR) is 99.3 cm³/mol. The van der Waals surface area contributed by atoms with Crippen molar-refractivity contribution in [2.24, 2.45) is 5.92 Å². The highest BCUT2D eigenvalue weighted by atomic mass is 19.1. The highest BCUT2D eigenvalue weighted by molar-refractivity contribution is 5.53. The molecule has 2 atom stereocenters. The fourth-order valence-corrected chi connectivity index (χ4v) is 4.33. The standard InChI is InChI=1S/C19H25FN6/c20-14-7-9-15(10-8-14)22-19-24-17(23-18(21)25-19)12-26-11-3-5-13-4-1-2-6-16(13)26/h7-10,13,16H,1-6,11-12H2,(H3,21,22,23,24,25). The predicted octanol–water partition coefficient (Wildman–Crippen LogP) is 3.49. The van der Waals surface area contributed by atoms with Crippen LogP contribution in [0.15, 0.2) is 24.3 Å². The van der Waals surface area contributed by atoms with E-state index in [-0.39, 0.29) is 11.8 Å². The number of piperidine rings is 1. The van der Waals surface area contributed by atoms with E-state index in [1.165, 1.54) is 50.7 Å². The molecule has 1 aromatic heterocycles. The van der Waals surface area contributed by atoms with Gasteiger partial charge in [-0.25, -0.2) is 4.39 Å². The van der Waals surface area contributed by atoms with Gasteiger partial charge in [-0.1, -0.05) is 12.8 Å². The molecule has 2 heterocycles. The van der Waals surface area contributed by atoms with E-state index in [2.05, 4.69) is 25.2 Å². The number of hydrogen-bond acceptors (Lipinski definition) is 6. The number of fused-ring (bicyclic) bond motifs is 1. The van der Waals surface area contributed by atoms with E-state index in [4.69, 9.17) is 5.73 Å². The molecule has 1 aromatic carbocycles. The average molecular weight is 356 g/mol. The summed E-state index contributed by atoms with van der Waals surface area (Å²) in [5, 5.41) is 3.08. The molecule has 2 unspecified atom stereocenters. The second-order valence-corrected chi connectivity index (χ2v) is 7.29. The van der Waals surface area contributed by atoms with Crippen molar-refractivity contribution in [3.05, 3.63) is 35.9 Å². The van der Waals surface area contributed by atoms with Crippen molar-refractivity contribution in [3.8, 4) is 0 Å². The minimum atomic E-state index is -0.279. The van der Waals surface area contributed by atoms with E-state index in [0.717, 1.165) is 12.5 Å². The van der Waals surface area contributed by atoms with Crippen LogP contribution in [-0.2, 0) is 6.54 Å². The van der Waals surface area contributed by atoms with Crippen LogP contribution in [0.3, 0.4) is 0 Å². The smallest absolute Gasteiger partial charge is 0.232 e. The van der Waals surface area contributed by atoms with Gasteiger partial charge < -0.3 is 11.1 Å². The largest absolute Gasteiger partial charge is 0.368 e. The molecule has 4 rings (SSSR count). The average Bonchev–Trinajstić information content (AvgIpc) is 2.64. The zero-order chi connectivity index (χ0) is 17.9. The third kappa shape index (κ3) is 3.93. The number of hydrogen-bond donors (Lipinski definition) is 2. The molecule has 3 N–H and O–H groups in total. The van der Waals surface area contributed by atoms with Crippen LogP contribution in [-0.4, -0.2) is 32.4 Å². The Morgan fingerprint density at radius 2 is 1.81 bits per heavy atom. The highest BCUT2D eigenvalue weighted by Gasteiger charge is 2.33. The van der Waals surface area contributed by atoms with Crippen LogP contribution >= 0.6 is 0 Å². The van der Waals surface area contributed by atoms with Gasteiger partial charge in [0.15, 0.2) is 0 Å². The lowest BCUT2D eigenvalue weighted by molar-refractivity contribution is 0.0527. The first-order chi connectivity index (χ1) is 12.7. The number of nitrogens with one attached hydrogen (secondary N) is 1. The van der Waals surface area contributed by atoms with Gasteiger partial charge in [-0.3, -0.25) is 4.90 Å². The van der Waals surface area contributed by atoms with Crippen LogP contribution in [0, 0.1) is 11.7 Å². The summed E-state index contributed by atoms with van der Waals surface area (Å²) >= 11 is 0. The van der Waals surface area contributed by atoms with Gasteiger partial charge in [0.05, 0.1) is 6.54 Å². The number of likely N-dealkylation sites (tertiary alicyclic amines) is 1. The lowest BCUT2D eigenvalue weighted by atomic mass is 9.78. The van der Waals surface area contributed by atoms with E-state index in [1.54, 1.807) is 12.1 Å². The van der Waals surface area contributed by atoms with Gasteiger partial charge in [-0.15, -0.1) is 0 Å². The third-order valence-electron chi connectivity index (χ3n) is 5.50.